The molecule has 146 valence electrons. The number of halogens is 1. The largest absolute Gasteiger partial charge is 0.456 e. The van der Waals surface area contributed by atoms with Gasteiger partial charge in [0, 0.05) is 21.5 Å². The molecular weight excluding hydrogens is 387 g/mol. The summed E-state index contributed by atoms with van der Waals surface area (Å²) < 4.78 is 25.6. The van der Waals surface area contributed by atoms with E-state index in [-0.39, 0.29) is 5.82 Å². The van der Waals surface area contributed by atoms with Crippen LogP contribution in [0.5, 0.6) is 0 Å². The van der Waals surface area contributed by atoms with Gasteiger partial charge in [-0.05, 0) is 76.5 Å². The van der Waals surface area contributed by atoms with Crippen molar-refractivity contribution in [3.8, 4) is 11.1 Å². The zero-order valence-electron chi connectivity index (χ0n) is 16.4. The Morgan fingerprint density at radius 3 is 1.77 bits per heavy atom. The lowest BCUT2D eigenvalue weighted by Gasteiger charge is -2.03. The summed E-state index contributed by atoms with van der Waals surface area (Å²) in [6, 6.07) is 29.2. The first-order valence-electron chi connectivity index (χ1n) is 10.2. The maximum Gasteiger partial charge on any atom is 0.136 e. The molecule has 2 nitrogen and oxygen atoms in total. The van der Waals surface area contributed by atoms with Gasteiger partial charge in [0.2, 0.25) is 0 Å². The molecule has 7 rings (SSSR count). The van der Waals surface area contributed by atoms with Crippen LogP contribution in [0.4, 0.5) is 4.39 Å². The number of para-hydroxylation sites is 1. The second kappa shape index (κ2) is 5.96. The molecule has 0 aliphatic carbocycles. The van der Waals surface area contributed by atoms with E-state index in [1.54, 1.807) is 12.1 Å². The van der Waals surface area contributed by atoms with E-state index in [0.717, 1.165) is 65.8 Å². The van der Waals surface area contributed by atoms with E-state index in [2.05, 4.69) is 30.3 Å². The highest BCUT2D eigenvalue weighted by molar-refractivity contribution is 6.27. The van der Waals surface area contributed by atoms with E-state index in [1.165, 1.54) is 12.1 Å². The lowest BCUT2D eigenvalue weighted by molar-refractivity contribution is 0.628. The van der Waals surface area contributed by atoms with Gasteiger partial charge in [-0.15, -0.1) is 0 Å². The summed E-state index contributed by atoms with van der Waals surface area (Å²) in [7, 11) is 0. The van der Waals surface area contributed by atoms with Crippen molar-refractivity contribution in [2.45, 2.75) is 0 Å². The normalized spacial score (nSPS) is 12.0. The van der Waals surface area contributed by atoms with E-state index < -0.39 is 0 Å². The number of fused-ring (bicyclic) bond motifs is 9. The van der Waals surface area contributed by atoms with Crippen molar-refractivity contribution in [3.05, 3.63) is 96.8 Å². The summed E-state index contributed by atoms with van der Waals surface area (Å²) >= 11 is 0. The van der Waals surface area contributed by atoms with Crippen molar-refractivity contribution in [2.75, 3.05) is 0 Å². The van der Waals surface area contributed by atoms with Crippen molar-refractivity contribution in [2.24, 2.45) is 0 Å². The van der Waals surface area contributed by atoms with Crippen LogP contribution in [0.2, 0.25) is 0 Å². The monoisotopic (exact) mass is 402 g/mol. The molecule has 0 radical (unpaired) electrons. The first-order valence-corrected chi connectivity index (χ1v) is 10.2. The highest BCUT2D eigenvalue weighted by Gasteiger charge is 2.16. The Kier molecular flexibility index (Phi) is 3.20. The number of hydrogen-bond acceptors (Lipinski definition) is 2. The van der Waals surface area contributed by atoms with Gasteiger partial charge >= 0.3 is 0 Å². The zero-order chi connectivity index (χ0) is 20.5. The molecule has 5 aromatic carbocycles. The third-order valence-corrected chi connectivity index (χ3v) is 6.15. The smallest absolute Gasteiger partial charge is 0.136 e. The van der Waals surface area contributed by atoms with Crippen LogP contribution in [0, 0.1) is 5.82 Å². The molecule has 0 N–H and O–H groups in total. The van der Waals surface area contributed by atoms with Crippen LogP contribution in [-0.2, 0) is 0 Å². The van der Waals surface area contributed by atoms with Crippen LogP contribution in [0.25, 0.3) is 65.8 Å². The van der Waals surface area contributed by atoms with Crippen LogP contribution in [0.1, 0.15) is 0 Å². The van der Waals surface area contributed by atoms with Gasteiger partial charge in [0.25, 0.3) is 0 Å². The van der Waals surface area contributed by atoms with Gasteiger partial charge < -0.3 is 8.83 Å². The van der Waals surface area contributed by atoms with Crippen molar-refractivity contribution in [1.82, 2.24) is 0 Å². The summed E-state index contributed by atoms with van der Waals surface area (Å²) in [6.45, 7) is 0. The van der Waals surface area contributed by atoms with Gasteiger partial charge in [-0.3, -0.25) is 0 Å². The van der Waals surface area contributed by atoms with E-state index in [1.807, 2.05) is 36.4 Å². The predicted octanol–water partition coefficient (Wildman–Crippen LogP) is 8.44. The molecule has 0 bridgehead atoms. The molecule has 2 aromatic heterocycles. The molecule has 0 unspecified atom stereocenters. The van der Waals surface area contributed by atoms with Crippen LogP contribution in [-0.4, -0.2) is 0 Å². The highest BCUT2D eigenvalue weighted by Crippen LogP contribution is 2.41. The van der Waals surface area contributed by atoms with E-state index in [4.69, 9.17) is 8.83 Å². The zero-order valence-corrected chi connectivity index (χ0v) is 16.4. The summed E-state index contributed by atoms with van der Waals surface area (Å²) in [5.74, 6) is -0.238. The molecule has 0 saturated carbocycles. The highest BCUT2D eigenvalue weighted by atomic mass is 19.1. The van der Waals surface area contributed by atoms with Crippen molar-refractivity contribution >= 4 is 54.6 Å². The third kappa shape index (κ3) is 2.32. The average molecular weight is 402 g/mol. The summed E-state index contributed by atoms with van der Waals surface area (Å²) in [5, 5.41) is 6.72. The fourth-order valence-electron chi connectivity index (χ4n) is 4.73. The van der Waals surface area contributed by atoms with Crippen LogP contribution >= 0.6 is 0 Å². The van der Waals surface area contributed by atoms with E-state index >= 15 is 0 Å². The Morgan fingerprint density at radius 1 is 0.452 bits per heavy atom. The Balaban J connectivity index is 1.55. The Bertz CT molecular complexity index is 1790. The lowest BCUT2D eigenvalue weighted by atomic mass is 9.98. The van der Waals surface area contributed by atoms with Gasteiger partial charge in [0.05, 0.1) is 0 Å². The fourth-order valence-corrected chi connectivity index (χ4v) is 4.73. The predicted molar refractivity (Wildman–Crippen MR) is 124 cm³/mol. The molecule has 0 amide bonds. The topological polar surface area (TPSA) is 26.3 Å². The van der Waals surface area contributed by atoms with E-state index in [9.17, 15) is 4.39 Å². The van der Waals surface area contributed by atoms with Crippen LogP contribution in [0.3, 0.4) is 0 Å². The molecule has 0 aliphatic rings. The minimum atomic E-state index is -0.238. The molecule has 3 heteroatoms. The summed E-state index contributed by atoms with van der Waals surface area (Å²) in [5.41, 5.74) is 5.41. The first kappa shape index (κ1) is 16.7. The summed E-state index contributed by atoms with van der Waals surface area (Å²) in [4.78, 5) is 0. The van der Waals surface area contributed by atoms with Gasteiger partial charge in [0.1, 0.15) is 28.1 Å². The van der Waals surface area contributed by atoms with Gasteiger partial charge in [0.15, 0.2) is 0 Å². The first-order chi connectivity index (χ1) is 15.3. The van der Waals surface area contributed by atoms with Crippen molar-refractivity contribution in [3.63, 3.8) is 0 Å². The number of rotatable bonds is 1. The maximum absolute atomic E-state index is 13.3. The van der Waals surface area contributed by atoms with Crippen LogP contribution in [0.15, 0.2) is 99.8 Å². The minimum Gasteiger partial charge on any atom is -0.456 e. The fraction of sp³-hybridized carbons (Fsp3) is 0. The molecule has 0 saturated heterocycles. The minimum absolute atomic E-state index is 0.238. The van der Waals surface area contributed by atoms with Crippen LogP contribution < -0.4 is 0 Å². The molecule has 0 aliphatic heterocycles. The molecule has 7 aromatic rings. The van der Waals surface area contributed by atoms with Gasteiger partial charge in [-0.1, -0.05) is 36.4 Å². The standard InChI is InChI=1S/C28H15FO2/c29-18-8-5-16(6-9-18)17-7-10-22-26(15-17)31-25-14-12-19-20(28(22)25)11-13-24-27(19)21-3-1-2-4-23(21)30-24/h1-15H. The number of benzene rings is 5. The Labute approximate surface area is 176 Å². The Hall–Kier alpha value is -4.11. The lowest BCUT2D eigenvalue weighted by Crippen LogP contribution is -1.79. The third-order valence-electron chi connectivity index (χ3n) is 6.15. The molecular formula is C28H15FO2. The molecule has 0 fully saturated rings. The SMILES string of the molecule is Fc1ccc(-c2ccc3c(c2)oc2ccc4c(ccc5oc6ccccc6c54)c23)cc1. The van der Waals surface area contributed by atoms with E-state index in [0.29, 0.717) is 0 Å². The molecule has 0 atom stereocenters. The maximum atomic E-state index is 13.3. The van der Waals surface area contributed by atoms with Gasteiger partial charge in [-0.25, -0.2) is 4.39 Å². The molecule has 2 heterocycles. The second-order valence-electron chi connectivity index (χ2n) is 7.89. The molecule has 0 spiro atoms. The van der Waals surface area contributed by atoms with Gasteiger partial charge in [-0.2, -0.15) is 0 Å². The Morgan fingerprint density at radius 2 is 1.03 bits per heavy atom. The summed E-state index contributed by atoms with van der Waals surface area (Å²) in [6.07, 6.45) is 0. The van der Waals surface area contributed by atoms with Crippen molar-refractivity contribution in [1.29, 1.82) is 0 Å². The second-order valence-corrected chi connectivity index (χ2v) is 7.89. The quantitative estimate of drug-likeness (QED) is 0.275. The number of hydrogen-bond donors (Lipinski definition) is 0. The number of furan rings is 2. The molecule has 31 heavy (non-hydrogen) atoms. The average Bonchev–Trinajstić information content (AvgIpc) is 3.37. The van der Waals surface area contributed by atoms with Crippen molar-refractivity contribution < 1.29 is 13.2 Å².